The summed E-state index contributed by atoms with van der Waals surface area (Å²) >= 11 is 11.6. The summed E-state index contributed by atoms with van der Waals surface area (Å²) in [6, 6.07) is 10.1. The van der Waals surface area contributed by atoms with Crippen molar-refractivity contribution in [1.82, 2.24) is 9.88 Å². The molecule has 0 aliphatic carbocycles. The van der Waals surface area contributed by atoms with E-state index in [4.69, 9.17) is 23.2 Å². The predicted octanol–water partition coefficient (Wildman–Crippen LogP) is 2.84. The minimum atomic E-state index is -1.03. The van der Waals surface area contributed by atoms with Crippen LogP contribution in [0, 0.1) is 0 Å². The second-order valence-corrected chi connectivity index (χ2v) is 7.02. The predicted molar refractivity (Wildman–Crippen MR) is 99.0 cm³/mol. The van der Waals surface area contributed by atoms with Gasteiger partial charge in [-0.05, 0) is 42.7 Å². The maximum Gasteiger partial charge on any atom is 0.315 e. The second-order valence-electron chi connectivity index (χ2n) is 6.15. The molecular weight excluding hydrogens is 377 g/mol. The number of piperidine rings is 1. The minimum Gasteiger partial charge on any atom is -0.385 e. The Hall–Kier alpha value is -2.15. The van der Waals surface area contributed by atoms with Crippen LogP contribution in [0.25, 0.3) is 0 Å². The van der Waals surface area contributed by atoms with Gasteiger partial charge in [0.2, 0.25) is 0 Å². The SMILES string of the molecule is O=C(Nc1ccc(Cl)cn1)C(=O)N1CCC(O)(c2ccc(Cl)cc2)CC1. The number of carbonyl (C=O) groups excluding carboxylic acids is 2. The first-order valence-corrected chi connectivity index (χ1v) is 8.83. The van der Waals surface area contributed by atoms with E-state index in [1.165, 1.54) is 17.2 Å². The Morgan fingerprint density at radius 1 is 1.04 bits per heavy atom. The zero-order chi connectivity index (χ0) is 18.7. The number of rotatable bonds is 2. The van der Waals surface area contributed by atoms with Gasteiger partial charge in [0.05, 0.1) is 10.6 Å². The summed E-state index contributed by atoms with van der Waals surface area (Å²) in [6.07, 6.45) is 2.06. The van der Waals surface area contributed by atoms with E-state index in [0.717, 1.165) is 5.56 Å². The standard InChI is InChI=1S/C18H17Cl2N3O3/c19-13-3-1-12(2-4-13)18(26)7-9-23(10-8-18)17(25)16(24)22-15-6-5-14(20)11-21-15/h1-6,11,26H,7-10H2,(H,21,22,24). The molecule has 8 heteroatoms. The molecule has 1 fully saturated rings. The molecule has 2 heterocycles. The molecular formula is C18H17Cl2N3O3. The fraction of sp³-hybridized carbons (Fsp3) is 0.278. The number of amides is 2. The van der Waals surface area contributed by atoms with Crippen molar-refractivity contribution >= 4 is 40.8 Å². The number of nitrogens with one attached hydrogen (secondary N) is 1. The maximum atomic E-state index is 12.3. The molecule has 1 aliphatic rings. The highest BCUT2D eigenvalue weighted by Gasteiger charge is 2.36. The van der Waals surface area contributed by atoms with Crippen molar-refractivity contribution in [3.8, 4) is 0 Å². The van der Waals surface area contributed by atoms with Gasteiger partial charge in [-0.25, -0.2) is 4.98 Å². The van der Waals surface area contributed by atoms with Crippen LogP contribution in [-0.4, -0.2) is 39.9 Å². The average molecular weight is 394 g/mol. The minimum absolute atomic E-state index is 0.252. The molecule has 3 rings (SSSR count). The van der Waals surface area contributed by atoms with Crippen molar-refractivity contribution in [3.63, 3.8) is 0 Å². The van der Waals surface area contributed by atoms with Gasteiger partial charge in [0.1, 0.15) is 5.82 Å². The Kier molecular flexibility index (Phi) is 5.46. The number of benzene rings is 1. The van der Waals surface area contributed by atoms with E-state index in [0.29, 0.717) is 22.9 Å². The Bertz CT molecular complexity index is 801. The van der Waals surface area contributed by atoms with E-state index in [1.54, 1.807) is 30.3 Å². The zero-order valence-electron chi connectivity index (χ0n) is 13.8. The first-order chi connectivity index (χ1) is 12.4. The molecule has 0 radical (unpaired) electrons. The summed E-state index contributed by atoms with van der Waals surface area (Å²) in [4.78, 5) is 29.8. The fourth-order valence-corrected chi connectivity index (χ4v) is 3.13. The van der Waals surface area contributed by atoms with Crippen molar-refractivity contribution in [2.24, 2.45) is 0 Å². The van der Waals surface area contributed by atoms with Crippen LogP contribution in [0.3, 0.4) is 0 Å². The lowest BCUT2D eigenvalue weighted by atomic mass is 9.84. The van der Waals surface area contributed by atoms with Crippen LogP contribution in [0.2, 0.25) is 10.0 Å². The van der Waals surface area contributed by atoms with Crippen molar-refractivity contribution in [2.45, 2.75) is 18.4 Å². The highest BCUT2D eigenvalue weighted by Crippen LogP contribution is 2.33. The molecule has 0 unspecified atom stereocenters. The molecule has 0 bridgehead atoms. The van der Waals surface area contributed by atoms with E-state index in [2.05, 4.69) is 10.3 Å². The van der Waals surface area contributed by atoms with Crippen molar-refractivity contribution < 1.29 is 14.7 Å². The van der Waals surface area contributed by atoms with Gasteiger partial charge in [-0.1, -0.05) is 35.3 Å². The number of hydrogen-bond acceptors (Lipinski definition) is 4. The van der Waals surface area contributed by atoms with Gasteiger partial charge in [0.25, 0.3) is 0 Å². The van der Waals surface area contributed by atoms with Crippen LogP contribution in [0.1, 0.15) is 18.4 Å². The molecule has 1 aliphatic heterocycles. The van der Waals surface area contributed by atoms with Gasteiger partial charge in [0, 0.05) is 24.3 Å². The van der Waals surface area contributed by atoms with E-state index in [-0.39, 0.29) is 18.9 Å². The molecule has 136 valence electrons. The van der Waals surface area contributed by atoms with Crippen LogP contribution in [0.4, 0.5) is 5.82 Å². The summed E-state index contributed by atoms with van der Waals surface area (Å²) in [7, 11) is 0. The topological polar surface area (TPSA) is 82.5 Å². The molecule has 0 atom stereocenters. The number of pyridine rings is 1. The smallest absolute Gasteiger partial charge is 0.315 e. The van der Waals surface area contributed by atoms with Crippen molar-refractivity contribution in [1.29, 1.82) is 0 Å². The summed E-state index contributed by atoms with van der Waals surface area (Å²) in [6.45, 7) is 0.554. The Morgan fingerprint density at radius 2 is 1.65 bits per heavy atom. The fourth-order valence-electron chi connectivity index (χ4n) is 2.89. The first-order valence-electron chi connectivity index (χ1n) is 8.08. The van der Waals surface area contributed by atoms with Crippen LogP contribution < -0.4 is 5.32 Å². The molecule has 2 aromatic rings. The normalized spacial score (nSPS) is 16.2. The molecule has 6 nitrogen and oxygen atoms in total. The molecule has 2 N–H and O–H groups in total. The number of halogens is 2. The number of anilines is 1. The third-order valence-corrected chi connectivity index (χ3v) is 4.90. The quantitative estimate of drug-likeness (QED) is 0.768. The van der Waals surface area contributed by atoms with Crippen LogP contribution in [-0.2, 0) is 15.2 Å². The second kappa shape index (κ2) is 7.61. The molecule has 1 aromatic carbocycles. The Labute approximate surface area is 160 Å². The summed E-state index contributed by atoms with van der Waals surface area (Å²) < 4.78 is 0. The summed E-state index contributed by atoms with van der Waals surface area (Å²) in [5.41, 5.74) is -0.279. The van der Waals surface area contributed by atoms with Gasteiger partial charge in [-0.2, -0.15) is 0 Å². The lowest BCUT2D eigenvalue weighted by Gasteiger charge is -2.38. The third-order valence-electron chi connectivity index (χ3n) is 4.42. The van der Waals surface area contributed by atoms with E-state index in [9.17, 15) is 14.7 Å². The first kappa shape index (κ1) is 18.6. The lowest BCUT2D eigenvalue weighted by Crippen LogP contribution is -2.48. The third kappa shape index (κ3) is 4.15. The number of nitrogens with zero attached hydrogens (tertiary/aromatic N) is 2. The highest BCUT2D eigenvalue weighted by atomic mass is 35.5. The Balaban J connectivity index is 1.60. The van der Waals surface area contributed by atoms with Gasteiger partial charge < -0.3 is 15.3 Å². The van der Waals surface area contributed by atoms with Gasteiger partial charge in [-0.15, -0.1) is 0 Å². The van der Waals surface area contributed by atoms with Crippen molar-refractivity contribution in [2.75, 3.05) is 18.4 Å². The molecule has 2 amide bonds. The number of hydrogen-bond donors (Lipinski definition) is 2. The molecule has 0 saturated carbocycles. The maximum absolute atomic E-state index is 12.3. The summed E-state index contributed by atoms with van der Waals surface area (Å²) in [5, 5.41) is 14.3. The summed E-state index contributed by atoms with van der Waals surface area (Å²) in [5.74, 6) is -1.17. The van der Waals surface area contributed by atoms with E-state index < -0.39 is 17.4 Å². The Morgan fingerprint density at radius 3 is 2.23 bits per heavy atom. The number of likely N-dealkylation sites (tertiary alicyclic amines) is 1. The van der Waals surface area contributed by atoms with Gasteiger partial charge >= 0.3 is 11.8 Å². The average Bonchev–Trinajstić information content (AvgIpc) is 2.64. The van der Waals surface area contributed by atoms with Crippen molar-refractivity contribution in [3.05, 3.63) is 58.2 Å². The van der Waals surface area contributed by atoms with Gasteiger partial charge in [0.15, 0.2) is 0 Å². The largest absolute Gasteiger partial charge is 0.385 e. The molecule has 1 saturated heterocycles. The number of carbonyl (C=O) groups is 2. The van der Waals surface area contributed by atoms with Gasteiger partial charge in [-0.3, -0.25) is 9.59 Å². The highest BCUT2D eigenvalue weighted by molar-refractivity contribution is 6.39. The molecule has 1 aromatic heterocycles. The zero-order valence-corrected chi connectivity index (χ0v) is 15.3. The molecule has 0 spiro atoms. The van der Waals surface area contributed by atoms with E-state index in [1.807, 2.05) is 0 Å². The monoisotopic (exact) mass is 393 g/mol. The van der Waals surface area contributed by atoms with Crippen LogP contribution in [0.15, 0.2) is 42.6 Å². The van der Waals surface area contributed by atoms with E-state index >= 15 is 0 Å². The molecule has 26 heavy (non-hydrogen) atoms. The van der Waals surface area contributed by atoms with Crippen LogP contribution >= 0.6 is 23.2 Å². The lowest BCUT2D eigenvalue weighted by molar-refractivity contribution is -0.146. The number of aliphatic hydroxyl groups is 1. The number of aromatic nitrogens is 1. The van der Waals surface area contributed by atoms with Crippen LogP contribution in [0.5, 0.6) is 0 Å².